The highest BCUT2D eigenvalue weighted by Gasteiger charge is 2.56. The van der Waals surface area contributed by atoms with E-state index in [1.807, 2.05) is 29.2 Å². The number of nitrogens with one attached hydrogen (secondary N) is 1. The normalized spacial score (nSPS) is 28.0. The fraction of sp³-hybridized carbons (Fsp3) is 0.458. The second-order valence-electron chi connectivity index (χ2n) is 8.69. The lowest BCUT2D eigenvalue weighted by molar-refractivity contribution is -0.144. The molecule has 2 fully saturated rings. The molecule has 5 heteroatoms. The lowest BCUT2D eigenvalue weighted by atomic mass is 9.69. The predicted octanol–water partition coefficient (Wildman–Crippen LogP) is 2.65. The summed E-state index contributed by atoms with van der Waals surface area (Å²) in [5, 5.41) is 13.2. The summed E-state index contributed by atoms with van der Waals surface area (Å²) in [5.41, 5.74) is 2.67. The first-order valence-electron chi connectivity index (χ1n) is 10.6. The predicted molar refractivity (Wildman–Crippen MR) is 110 cm³/mol. The number of carbonyl (C=O) groups excluding carboxylic acids is 1. The second-order valence-corrected chi connectivity index (χ2v) is 8.69. The van der Waals surface area contributed by atoms with Crippen LogP contribution in [0.1, 0.15) is 36.0 Å². The summed E-state index contributed by atoms with van der Waals surface area (Å²) in [5.74, 6) is 1.06. The van der Waals surface area contributed by atoms with Crippen molar-refractivity contribution in [2.24, 2.45) is 5.41 Å². The first kappa shape index (κ1) is 18.6. The number of carbonyl (C=O) groups is 1. The van der Waals surface area contributed by atoms with Crippen molar-refractivity contribution in [1.29, 1.82) is 0 Å². The lowest BCUT2D eigenvalue weighted by Gasteiger charge is -2.39. The maximum Gasteiger partial charge on any atom is 0.231 e. The monoisotopic (exact) mass is 392 g/mol. The van der Waals surface area contributed by atoms with Crippen LogP contribution in [0.4, 0.5) is 0 Å². The van der Waals surface area contributed by atoms with E-state index in [4.69, 9.17) is 4.74 Å². The first-order chi connectivity index (χ1) is 14.2. The van der Waals surface area contributed by atoms with Gasteiger partial charge in [0.25, 0.3) is 0 Å². The highest BCUT2D eigenvalue weighted by atomic mass is 16.5. The molecule has 2 bridgehead atoms. The second kappa shape index (κ2) is 7.47. The quantitative estimate of drug-likeness (QED) is 0.840. The molecule has 0 spiro atoms. The highest BCUT2D eigenvalue weighted by Crippen LogP contribution is 2.47. The Bertz CT molecular complexity index is 900. The molecule has 3 atom stereocenters. The molecule has 5 nitrogen and oxygen atoms in total. The van der Waals surface area contributed by atoms with Gasteiger partial charge >= 0.3 is 0 Å². The SMILES string of the molecule is O=C(N1CCOc2ccc(CO)cc2C1)[C@]1(Cc2ccccc2)C[C@@H]2CC[C@H]1N2. The summed E-state index contributed by atoms with van der Waals surface area (Å²) in [6.45, 7) is 1.62. The van der Waals surface area contributed by atoms with Gasteiger partial charge in [-0.1, -0.05) is 36.4 Å². The van der Waals surface area contributed by atoms with Crippen molar-refractivity contribution in [2.45, 2.75) is 50.9 Å². The number of nitrogens with zero attached hydrogens (tertiary/aromatic N) is 1. The molecule has 0 radical (unpaired) electrons. The molecule has 29 heavy (non-hydrogen) atoms. The minimum absolute atomic E-state index is 0.00710. The van der Waals surface area contributed by atoms with Gasteiger partial charge in [0.15, 0.2) is 0 Å². The summed E-state index contributed by atoms with van der Waals surface area (Å²) in [7, 11) is 0. The molecule has 2 aromatic rings. The zero-order chi connectivity index (χ0) is 19.8. The van der Waals surface area contributed by atoms with Gasteiger partial charge in [0.05, 0.1) is 18.6 Å². The van der Waals surface area contributed by atoms with Crippen molar-refractivity contribution in [3.05, 3.63) is 65.2 Å². The van der Waals surface area contributed by atoms with Crippen molar-refractivity contribution in [1.82, 2.24) is 10.2 Å². The molecular formula is C24H28N2O3. The fourth-order valence-electron chi connectivity index (χ4n) is 5.50. The van der Waals surface area contributed by atoms with Crippen molar-refractivity contribution in [2.75, 3.05) is 13.2 Å². The Labute approximate surface area is 171 Å². The molecule has 2 aromatic carbocycles. The summed E-state index contributed by atoms with van der Waals surface area (Å²) in [4.78, 5) is 16.0. The maximum absolute atomic E-state index is 14.0. The molecule has 3 aliphatic heterocycles. The van der Waals surface area contributed by atoms with E-state index < -0.39 is 0 Å². The Kier molecular flexibility index (Phi) is 4.80. The van der Waals surface area contributed by atoms with E-state index in [9.17, 15) is 9.90 Å². The van der Waals surface area contributed by atoms with Crippen LogP contribution >= 0.6 is 0 Å². The van der Waals surface area contributed by atoms with Crippen molar-refractivity contribution in [3.63, 3.8) is 0 Å². The lowest BCUT2D eigenvalue weighted by Crippen LogP contribution is -2.51. The Balaban J connectivity index is 1.46. The van der Waals surface area contributed by atoms with Crippen LogP contribution in [0.15, 0.2) is 48.5 Å². The van der Waals surface area contributed by atoms with E-state index in [1.54, 1.807) is 0 Å². The summed E-state index contributed by atoms with van der Waals surface area (Å²) < 4.78 is 5.91. The molecule has 0 unspecified atom stereocenters. The number of hydrogen-bond acceptors (Lipinski definition) is 4. The van der Waals surface area contributed by atoms with Crippen molar-refractivity contribution < 1.29 is 14.6 Å². The number of aliphatic hydroxyl groups is 1. The molecule has 2 saturated heterocycles. The minimum atomic E-state index is -0.386. The largest absolute Gasteiger partial charge is 0.491 e. The van der Waals surface area contributed by atoms with E-state index >= 15 is 0 Å². The molecule has 5 rings (SSSR count). The molecule has 152 valence electrons. The molecule has 3 aliphatic rings. The summed E-state index contributed by atoms with van der Waals surface area (Å²) in [6, 6.07) is 16.9. The van der Waals surface area contributed by atoms with Crippen LogP contribution in [0.5, 0.6) is 5.75 Å². The Morgan fingerprint density at radius 3 is 2.76 bits per heavy atom. The zero-order valence-electron chi connectivity index (χ0n) is 16.6. The van der Waals surface area contributed by atoms with Crippen LogP contribution in [0.2, 0.25) is 0 Å². The van der Waals surface area contributed by atoms with Crippen molar-refractivity contribution in [3.8, 4) is 5.75 Å². The van der Waals surface area contributed by atoms with Crippen molar-refractivity contribution >= 4 is 5.91 Å². The molecule has 0 saturated carbocycles. The molecule has 0 aliphatic carbocycles. The standard InChI is InChI=1S/C24H28N2O3/c27-16-18-6-8-21-19(12-18)15-26(10-11-29-21)23(28)24(13-17-4-2-1-3-5-17)14-20-7-9-22(24)25-20/h1-6,8,12,20,22,25,27H,7,9-11,13-16H2/t20-,22+,24+/m0/s1. The maximum atomic E-state index is 14.0. The van der Waals surface area contributed by atoms with Gasteiger partial charge in [-0.05, 0) is 48.9 Å². The highest BCUT2D eigenvalue weighted by molar-refractivity contribution is 5.85. The minimum Gasteiger partial charge on any atom is -0.491 e. The van der Waals surface area contributed by atoms with Gasteiger partial charge in [-0.15, -0.1) is 0 Å². The van der Waals surface area contributed by atoms with Crippen LogP contribution < -0.4 is 10.1 Å². The summed E-state index contributed by atoms with van der Waals surface area (Å²) >= 11 is 0. The Hall–Kier alpha value is -2.37. The zero-order valence-corrected chi connectivity index (χ0v) is 16.6. The third kappa shape index (κ3) is 3.32. The van der Waals surface area contributed by atoms with Crippen LogP contribution in [0.25, 0.3) is 0 Å². The van der Waals surface area contributed by atoms with Crippen LogP contribution in [0.3, 0.4) is 0 Å². The smallest absolute Gasteiger partial charge is 0.231 e. The van der Waals surface area contributed by atoms with Crippen LogP contribution in [-0.2, 0) is 24.4 Å². The van der Waals surface area contributed by atoms with Gasteiger partial charge in [-0.25, -0.2) is 0 Å². The van der Waals surface area contributed by atoms with E-state index in [1.165, 1.54) is 12.0 Å². The van der Waals surface area contributed by atoms with Gasteiger partial charge in [0.2, 0.25) is 5.91 Å². The first-order valence-corrected chi connectivity index (χ1v) is 10.6. The average Bonchev–Trinajstić information content (AvgIpc) is 3.29. The van der Waals surface area contributed by atoms with Gasteiger partial charge in [0.1, 0.15) is 12.4 Å². The summed E-state index contributed by atoms with van der Waals surface area (Å²) in [6.07, 6.45) is 3.92. The van der Waals surface area contributed by atoms with Gasteiger partial charge in [0, 0.05) is 24.2 Å². The average molecular weight is 392 g/mol. The molecular weight excluding hydrogens is 364 g/mol. The third-order valence-electron chi connectivity index (χ3n) is 6.88. The molecule has 2 N–H and O–H groups in total. The molecule has 1 amide bonds. The number of aliphatic hydroxyl groups excluding tert-OH is 1. The van der Waals surface area contributed by atoms with E-state index in [-0.39, 0.29) is 24.0 Å². The van der Waals surface area contributed by atoms with Crippen LogP contribution in [0, 0.1) is 5.41 Å². The van der Waals surface area contributed by atoms with Gasteiger partial charge < -0.3 is 20.1 Å². The van der Waals surface area contributed by atoms with Gasteiger partial charge in [-0.2, -0.15) is 0 Å². The number of hydrogen-bond donors (Lipinski definition) is 2. The number of benzene rings is 2. The van der Waals surface area contributed by atoms with E-state index in [0.29, 0.717) is 25.7 Å². The van der Waals surface area contributed by atoms with Crippen LogP contribution in [-0.4, -0.2) is 41.1 Å². The Morgan fingerprint density at radius 2 is 2.03 bits per heavy atom. The fourth-order valence-corrected chi connectivity index (χ4v) is 5.50. The van der Waals surface area contributed by atoms with E-state index in [0.717, 1.165) is 36.1 Å². The Morgan fingerprint density at radius 1 is 1.17 bits per heavy atom. The third-order valence-corrected chi connectivity index (χ3v) is 6.88. The number of amides is 1. The van der Waals surface area contributed by atoms with Gasteiger partial charge in [-0.3, -0.25) is 4.79 Å². The molecule has 0 aromatic heterocycles. The number of ether oxygens (including phenoxy) is 1. The number of rotatable bonds is 4. The van der Waals surface area contributed by atoms with E-state index in [2.05, 4.69) is 29.6 Å². The topological polar surface area (TPSA) is 61.8 Å². The number of fused-ring (bicyclic) bond motifs is 3. The molecule has 3 heterocycles.